The van der Waals surface area contributed by atoms with E-state index in [9.17, 15) is 29.7 Å². The van der Waals surface area contributed by atoms with Gasteiger partial charge in [-0.05, 0) is 85.6 Å². The predicted octanol–water partition coefficient (Wildman–Crippen LogP) is 4.39. The van der Waals surface area contributed by atoms with Crippen molar-refractivity contribution in [3.8, 4) is 5.75 Å². The molecular weight excluding hydrogens is 498 g/mol. The number of fused-ring (bicyclic) bond motifs is 1. The van der Waals surface area contributed by atoms with E-state index in [2.05, 4.69) is 4.74 Å². The molecule has 2 aliphatic rings. The van der Waals surface area contributed by atoms with Gasteiger partial charge in [0.2, 0.25) is 11.8 Å². The summed E-state index contributed by atoms with van der Waals surface area (Å²) in [5, 5.41) is 31.9. The Morgan fingerprint density at radius 3 is 2.33 bits per heavy atom. The summed E-state index contributed by atoms with van der Waals surface area (Å²) < 4.78 is 4.63. The Morgan fingerprint density at radius 1 is 1.10 bits per heavy atom. The molecule has 0 radical (unpaired) electrons. The van der Waals surface area contributed by atoms with E-state index < -0.39 is 48.4 Å². The normalized spacial score (nSPS) is 22.3. The molecule has 1 aliphatic carbocycles. The first-order valence-corrected chi connectivity index (χ1v) is 13.1. The Kier molecular flexibility index (Phi) is 8.37. The first kappa shape index (κ1) is 28.3. The number of aryl methyl sites for hydroxylation is 2. The van der Waals surface area contributed by atoms with Crippen molar-refractivity contribution in [1.82, 2.24) is 4.90 Å². The van der Waals surface area contributed by atoms with Crippen LogP contribution in [-0.2, 0) is 14.3 Å². The van der Waals surface area contributed by atoms with Crippen LogP contribution in [0.2, 0.25) is 0 Å². The highest BCUT2D eigenvalue weighted by Crippen LogP contribution is 2.46. The highest BCUT2D eigenvalue weighted by Gasteiger charge is 2.56. The van der Waals surface area contributed by atoms with Crippen molar-refractivity contribution >= 4 is 29.6 Å². The summed E-state index contributed by atoms with van der Waals surface area (Å²) in [6.07, 6.45) is 1.08. The third-order valence-corrected chi connectivity index (χ3v) is 7.93. The molecule has 0 aromatic heterocycles. The van der Waals surface area contributed by atoms with Crippen molar-refractivity contribution in [2.45, 2.75) is 46.1 Å². The Hall–Kier alpha value is -3.75. The molecule has 0 unspecified atom stereocenters. The lowest BCUT2D eigenvalue weighted by atomic mass is 9.68. The summed E-state index contributed by atoms with van der Waals surface area (Å²) >= 11 is 0. The molecule has 3 amide bonds. The average molecular weight is 534 g/mol. The van der Waals surface area contributed by atoms with E-state index >= 15 is 0 Å². The van der Waals surface area contributed by atoms with Crippen LogP contribution in [0.3, 0.4) is 0 Å². The van der Waals surface area contributed by atoms with Crippen LogP contribution in [0.4, 0.5) is 4.79 Å². The summed E-state index contributed by atoms with van der Waals surface area (Å²) in [7, 11) is 1.10. The number of amides is 3. The molecule has 1 heterocycles. The number of benzene rings is 2. The first-order chi connectivity index (χ1) is 18.6. The number of imide groups is 3. The second-order valence-corrected chi connectivity index (χ2v) is 10.4. The van der Waals surface area contributed by atoms with E-state index in [1.54, 1.807) is 6.92 Å². The maximum Gasteiger partial charge on any atom is 0.423 e. The molecule has 0 spiro atoms. The molecular formula is C31H35NO7. The van der Waals surface area contributed by atoms with Crippen molar-refractivity contribution in [3.05, 3.63) is 75.9 Å². The average Bonchev–Trinajstić information content (AvgIpc) is 3.17. The number of aromatic hydroxyl groups is 1. The van der Waals surface area contributed by atoms with Crippen LogP contribution in [0.1, 0.15) is 48.4 Å². The fourth-order valence-corrected chi connectivity index (χ4v) is 6.06. The number of nitrogens with zero attached hydrogens (tertiary/aromatic N) is 1. The molecule has 8 heteroatoms. The second kappa shape index (κ2) is 11.6. The van der Waals surface area contributed by atoms with Gasteiger partial charge in [0.1, 0.15) is 5.75 Å². The fraction of sp³-hybridized carbons (Fsp3) is 0.387. The number of aliphatic hydroxyl groups excluding tert-OH is 2. The van der Waals surface area contributed by atoms with Gasteiger partial charge in [0.15, 0.2) is 0 Å². The minimum absolute atomic E-state index is 0.221. The predicted molar refractivity (Wildman–Crippen MR) is 146 cm³/mol. The minimum atomic E-state index is -1.03. The summed E-state index contributed by atoms with van der Waals surface area (Å²) in [4.78, 5) is 38.6. The number of allylic oxidation sites excluding steroid dienone is 2. The second-order valence-electron chi connectivity index (χ2n) is 10.4. The summed E-state index contributed by atoms with van der Waals surface area (Å²) in [6.45, 7) is 5.06. The van der Waals surface area contributed by atoms with E-state index in [1.807, 2.05) is 62.4 Å². The lowest BCUT2D eigenvalue weighted by Crippen LogP contribution is -2.39. The lowest BCUT2D eigenvalue weighted by Gasteiger charge is -2.35. The van der Waals surface area contributed by atoms with Gasteiger partial charge in [0.25, 0.3) is 0 Å². The number of phenolic OH excluding ortho intramolecular Hbond substituents is 1. The molecule has 3 N–H and O–H groups in total. The number of rotatable bonds is 7. The molecule has 2 aromatic rings. The van der Waals surface area contributed by atoms with Crippen molar-refractivity contribution < 1.29 is 34.4 Å². The molecule has 8 nitrogen and oxygen atoms in total. The van der Waals surface area contributed by atoms with Gasteiger partial charge in [-0.15, -0.1) is 0 Å². The van der Waals surface area contributed by atoms with Crippen LogP contribution in [0.5, 0.6) is 5.75 Å². The molecule has 39 heavy (non-hydrogen) atoms. The van der Waals surface area contributed by atoms with Gasteiger partial charge in [-0.2, -0.15) is 4.90 Å². The molecule has 206 valence electrons. The van der Waals surface area contributed by atoms with Gasteiger partial charge in [-0.1, -0.05) is 42.0 Å². The van der Waals surface area contributed by atoms with Crippen LogP contribution in [0, 0.1) is 31.6 Å². The molecule has 4 atom stereocenters. The number of hydrogen-bond donors (Lipinski definition) is 3. The van der Waals surface area contributed by atoms with Gasteiger partial charge in [0, 0.05) is 5.92 Å². The number of ether oxygens (including phenoxy) is 1. The molecule has 1 fully saturated rings. The summed E-state index contributed by atoms with van der Waals surface area (Å²) in [5.41, 5.74) is 5.74. The molecule has 1 saturated heterocycles. The van der Waals surface area contributed by atoms with E-state index in [1.165, 1.54) is 0 Å². The Balaban J connectivity index is 1.62. The summed E-state index contributed by atoms with van der Waals surface area (Å²) in [6, 6.07) is 13.6. The fourth-order valence-electron chi connectivity index (χ4n) is 6.06. The Labute approximate surface area is 228 Å². The zero-order valence-corrected chi connectivity index (χ0v) is 22.7. The van der Waals surface area contributed by atoms with Crippen LogP contribution < -0.4 is 0 Å². The largest absolute Gasteiger partial charge is 0.507 e. The van der Waals surface area contributed by atoms with Gasteiger partial charge < -0.3 is 20.1 Å². The van der Waals surface area contributed by atoms with Gasteiger partial charge in [-0.3, -0.25) is 9.59 Å². The summed E-state index contributed by atoms with van der Waals surface area (Å²) in [5.74, 6) is -3.54. The molecule has 4 rings (SSSR count). The number of hydrogen-bond acceptors (Lipinski definition) is 7. The standard InChI is InChI=1S/C31H35NO7/c1-17-14-23-27(30(37)32(29(23)36)31(38)39-4)24(16-33)26(17)25(34)11-10-22(21-8-6-5-7-9-21)15-20-12-18(2)28(35)19(3)13-20/h5-9,12-13,15,23-25,27,33-35H,10-11,14,16H2,1-4H3/b22-15-/t23-,24+,25-,27-/m1/s1. The number of phenols is 1. The zero-order valence-electron chi connectivity index (χ0n) is 22.7. The van der Waals surface area contributed by atoms with Crippen molar-refractivity contribution in [2.75, 3.05) is 13.7 Å². The topological polar surface area (TPSA) is 124 Å². The van der Waals surface area contributed by atoms with Gasteiger partial charge in [0.05, 0.1) is 31.7 Å². The highest BCUT2D eigenvalue weighted by molar-refractivity contribution is 6.16. The lowest BCUT2D eigenvalue weighted by molar-refractivity contribution is -0.137. The third-order valence-electron chi connectivity index (χ3n) is 7.93. The minimum Gasteiger partial charge on any atom is -0.507 e. The molecule has 0 bridgehead atoms. The number of likely N-dealkylation sites (tertiary alicyclic amines) is 1. The van der Waals surface area contributed by atoms with E-state index in [-0.39, 0.29) is 12.2 Å². The number of methoxy groups -OCH3 is 1. The molecule has 1 aliphatic heterocycles. The van der Waals surface area contributed by atoms with Crippen LogP contribution in [0.25, 0.3) is 11.6 Å². The van der Waals surface area contributed by atoms with Crippen molar-refractivity contribution in [1.29, 1.82) is 0 Å². The Bertz CT molecular complexity index is 1320. The van der Waals surface area contributed by atoms with Gasteiger partial charge in [-0.25, -0.2) is 4.79 Å². The third kappa shape index (κ3) is 5.40. The smallest absolute Gasteiger partial charge is 0.423 e. The monoisotopic (exact) mass is 533 g/mol. The number of carbonyl (C=O) groups excluding carboxylic acids is 3. The van der Waals surface area contributed by atoms with Crippen LogP contribution in [-0.4, -0.2) is 57.9 Å². The molecule has 2 aromatic carbocycles. The SMILES string of the molecule is COC(=O)N1C(=O)[C@@H]2[C@@H](CC(C)=C([C@H](O)CC/C(=C/c3cc(C)c(O)c(C)c3)c3ccccc3)[C@@H]2CO)C1=O. The van der Waals surface area contributed by atoms with Crippen molar-refractivity contribution in [3.63, 3.8) is 0 Å². The van der Waals surface area contributed by atoms with Crippen molar-refractivity contribution in [2.24, 2.45) is 17.8 Å². The number of carbonyl (C=O) groups is 3. The van der Waals surface area contributed by atoms with Gasteiger partial charge >= 0.3 is 6.09 Å². The maximum absolute atomic E-state index is 13.1. The number of aliphatic hydroxyl groups is 2. The van der Waals surface area contributed by atoms with E-state index in [4.69, 9.17) is 0 Å². The maximum atomic E-state index is 13.1. The quantitative estimate of drug-likeness (QED) is 0.274. The zero-order chi connectivity index (χ0) is 28.4. The molecule has 0 saturated carbocycles. The first-order valence-electron chi connectivity index (χ1n) is 13.1. The van der Waals surface area contributed by atoms with Crippen LogP contribution in [0.15, 0.2) is 53.6 Å². The van der Waals surface area contributed by atoms with Crippen LogP contribution >= 0.6 is 0 Å². The van der Waals surface area contributed by atoms with E-state index in [0.717, 1.165) is 40.5 Å². The highest BCUT2D eigenvalue weighted by atomic mass is 16.5. The van der Waals surface area contributed by atoms with E-state index in [0.29, 0.717) is 23.3 Å². The Morgan fingerprint density at radius 2 is 1.74 bits per heavy atom.